The van der Waals surface area contributed by atoms with E-state index < -0.39 is 6.04 Å². The van der Waals surface area contributed by atoms with Crippen LogP contribution in [-0.2, 0) is 24.1 Å². The van der Waals surface area contributed by atoms with Crippen LogP contribution in [0.2, 0.25) is 0 Å². The van der Waals surface area contributed by atoms with Gasteiger partial charge in [-0.05, 0) is 72.6 Å². The van der Waals surface area contributed by atoms with E-state index in [1.165, 1.54) is 23.1 Å². The molecule has 0 aliphatic heterocycles. The normalized spacial score (nSPS) is 14.6. The van der Waals surface area contributed by atoms with Crippen LogP contribution in [0.5, 0.6) is 0 Å². The van der Waals surface area contributed by atoms with Crippen LogP contribution in [0.15, 0.2) is 42.5 Å². The van der Waals surface area contributed by atoms with Gasteiger partial charge in [-0.25, -0.2) is 4.79 Å². The van der Waals surface area contributed by atoms with Crippen molar-refractivity contribution in [2.75, 3.05) is 10.6 Å². The molecule has 1 aliphatic carbocycles. The third-order valence-electron chi connectivity index (χ3n) is 5.77. The van der Waals surface area contributed by atoms with E-state index in [9.17, 15) is 9.59 Å². The minimum Gasteiger partial charge on any atom is -0.326 e. The zero-order chi connectivity index (χ0) is 20.8. The second kappa shape index (κ2) is 9.59. The predicted molar refractivity (Wildman–Crippen MR) is 118 cm³/mol. The quantitative estimate of drug-likeness (QED) is 0.625. The maximum Gasteiger partial charge on any atom is 0.319 e. The van der Waals surface area contributed by atoms with Crippen LogP contribution in [0.3, 0.4) is 0 Å². The molecular formula is C24H31N3O2. The molecule has 2 atom stereocenters. The summed E-state index contributed by atoms with van der Waals surface area (Å²) < 4.78 is 0. The lowest BCUT2D eigenvalue weighted by Gasteiger charge is -2.24. The number of urea groups is 1. The molecular weight excluding hydrogens is 362 g/mol. The van der Waals surface area contributed by atoms with Crippen molar-refractivity contribution in [1.29, 1.82) is 0 Å². The summed E-state index contributed by atoms with van der Waals surface area (Å²) in [6, 6.07) is 12.9. The Morgan fingerprint density at radius 1 is 0.931 bits per heavy atom. The Balaban J connectivity index is 1.64. The number of fused-ring (bicyclic) bond motifs is 1. The van der Waals surface area contributed by atoms with Crippen molar-refractivity contribution < 1.29 is 9.59 Å². The Hall–Kier alpha value is -2.82. The molecule has 0 saturated heterocycles. The lowest BCUT2D eigenvalue weighted by Crippen LogP contribution is -2.49. The summed E-state index contributed by atoms with van der Waals surface area (Å²) in [5, 5.41) is 8.67. The highest BCUT2D eigenvalue weighted by Gasteiger charge is 2.26. The van der Waals surface area contributed by atoms with Gasteiger partial charge in [0.15, 0.2) is 0 Å². The summed E-state index contributed by atoms with van der Waals surface area (Å²) in [5.74, 6) is -0.175. The van der Waals surface area contributed by atoms with Gasteiger partial charge in [0.05, 0.1) is 0 Å². The summed E-state index contributed by atoms with van der Waals surface area (Å²) in [7, 11) is 0. The Kier molecular flexibility index (Phi) is 6.91. The van der Waals surface area contributed by atoms with Crippen molar-refractivity contribution in [3.8, 4) is 0 Å². The molecule has 2 unspecified atom stereocenters. The lowest BCUT2D eigenvalue weighted by molar-refractivity contribution is -0.119. The number of nitrogens with one attached hydrogen (secondary N) is 3. The molecule has 2 aromatic carbocycles. The number of benzene rings is 2. The number of carbonyl (C=O) groups excluding carboxylic acids is 2. The number of anilines is 2. The molecule has 0 aromatic heterocycles. The fourth-order valence-corrected chi connectivity index (χ4v) is 3.70. The van der Waals surface area contributed by atoms with Crippen molar-refractivity contribution in [3.05, 3.63) is 59.2 Å². The molecule has 0 heterocycles. The summed E-state index contributed by atoms with van der Waals surface area (Å²) in [6.07, 6.45) is 5.08. The third kappa shape index (κ3) is 5.37. The van der Waals surface area contributed by atoms with Crippen molar-refractivity contribution in [2.24, 2.45) is 5.92 Å². The van der Waals surface area contributed by atoms with E-state index in [2.05, 4.69) is 35.0 Å². The largest absolute Gasteiger partial charge is 0.326 e. The predicted octanol–water partition coefficient (Wildman–Crippen LogP) is 4.91. The van der Waals surface area contributed by atoms with Gasteiger partial charge in [0.2, 0.25) is 5.91 Å². The minimum atomic E-state index is -0.608. The SMILES string of the molecule is CCc1ccc(NC(=O)NC(C(=O)Nc2ccc3c(c2)CCC3)C(C)CC)cc1. The van der Waals surface area contributed by atoms with Crippen molar-refractivity contribution in [1.82, 2.24) is 5.32 Å². The van der Waals surface area contributed by atoms with Gasteiger partial charge in [-0.3, -0.25) is 4.79 Å². The average molecular weight is 394 g/mol. The molecule has 0 bridgehead atoms. The number of aryl methyl sites for hydroxylation is 3. The Labute approximate surface area is 173 Å². The zero-order valence-electron chi connectivity index (χ0n) is 17.5. The maximum atomic E-state index is 12.9. The van der Waals surface area contributed by atoms with E-state index in [-0.39, 0.29) is 17.9 Å². The highest BCUT2D eigenvalue weighted by molar-refractivity contribution is 5.99. The first-order valence-electron chi connectivity index (χ1n) is 10.6. The minimum absolute atomic E-state index is 0.0117. The average Bonchev–Trinajstić information content (AvgIpc) is 3.19. The zero-order valence-corrected chi connectivity index (χ0v) is 17.5. The number of amides is 3. The van der Waals surface area contributed by atoms with E-state index in [4.69, 9.17) is 0 Å². The molecule has 2 aromatic rings. The number of carbonyl (C=O) groups is 2. The fourth-order valence-electron chi connectivity index (χ4n) is 3.70. The van der Waals surface area contributed by atoms with Crippen molar-refractivity contribution in [3.63, 3.8) is 0 Å². The third-order valence-corrected chi connectivity index (χ3v) is 5.77. The van der Waals surface area contributed by atoms with Gasteiger partial charge in [0.25, 0.3) is 0 Å². The molecule has 5 heteroatoms. The Bertz CT molecular complexity index is 861. The molecule has 29 heavy (non-hydrogen) atoms. The first kappa shape index (κ1) is 20.9. The smallest absolute Gasteiger partial charge is 0.319 e. The number of hydrogen-bond acceptors (Lipinski definition) is 2. The first-order valence-corrected chi connectivity index (χ1v) is 10.6. The van der Waals surface area contributed by atoms with Crippen LogP contribution < -0.4 is 16.0 Å². The molecule has 3 amide bonds. The summed E-state index contributed by atoms with van der Waals surface area (Å²) in [5.41, 5.74) is 5.39. The fraction of sp³-hybridized carbons (Fsp3) is 0.417. The molecule has 0 fully saturated rings. The van der Waals surface area contributed by atoms with Gasteiger partial charge in [-0.2, -0.15) is 0 Å². The van der Waals surface area contributed by atoms with Gasteiger partial charge in [-0.1, -0.05) is 45.4 Å². The topological polar surface area (TPSA) is 70.2 Å². The first-order chi connectivity index (χ1) is 14.0. The van der Waals surface area contributed by atoms with Crippen LogP contribution >= 0.6 is 0 Å². The summed E-state index contributed by atoms with van der Waals surface area (Å²) in [4.78, 5) is 25.4. The van der Waals surface area contributed by atoms with Gasteiger partial charge < -0.3 is 16.0 Å². The second-order valence-electron chi connectivity index (χ2n) is 7.84. The van der Waals surface area contributed by atoms with Crippen LogP contribution in [0.25, 0.3) is 0 Å². The molecule has 5 nitrogen and oxygen atoms in total. The van der Waals surface area contributed by atoms with E-state index in [0.717, 1.165) is 31.4 Å². The lowest BCUT2D eigenvalue weighted by atomic mass is 9.98. The van der Waals surface area contributed by atoms with E-state index >= 15 is 0 Å². The molecule has 0 saturated carbocycles. The Morgan fingerprint density at radius 2 is 1.62 bits per heavy atom. The highest BCUT2D eigenvalue weighted by Crippen LogP contribution is 2.25. The van der Waals surface area contributed by atoms with Crippen LogP contribution in [0, 0.1) is 5.92 Å². The van der Waals surface area contributed by atoms with Gasteiger partial charge in [-0.15, -0.1) is 0 Å². The molecule has 3 rings (SSSR count). The van der Waals surface area contributed by atoms with Crippen molar-refractivity contribution in [2.45, 2.75) is 58.9 Å². The molecule has 0 spiro atoms. The second-order valence-corrected chi connectivity index (χ2v) is 7.84. The van der Waals surface area contributed by atoms with E-state index in [1.54, 1.807) is 0 Å². The van der Waals surface area contributed by atoms with Crippen LogP contribution in [0.1, 0.15) is 50.3 Å². The number of rotatable bonds is 7. The molecule has 1 aliphatic rings. The Morgan fingerprint density at radius 3 is 2.31 bits per heavy atom. The van der Waals surface area contributed by atoms with Crippen LogP contribution in [0.4, 0.5) is 16.2 Å². The molecule has 3 N–H and O–H groups in total. The highest BCUT2D eigenvalue weighted by atomic mass is 16.2. The van der Waals surface area contributed by atoms with Gasteiger partial charge >= 0.3 is 6.03 Å². The van der Waals surface area contributed by atoms with Crippen LogP contribution in [-0.4, -0.2) is 18.0 Å². The van der Waals surface area contributed by atoms with Gasteiger partial charge in [0, 0.05) is 11.4 Å². The van der Waals surface area contributed by atoms with E-state index in [0.29, 0.717) is 5.69 Å². The van der Waals surface area contributed by atoms with Crippen molar-refractivity contribution >= 4 is 23.3 Å². The monoisotopic (exact) mass is 393 g/mol. The summed E-state index contributed by atoms with van der Waals surface area (Å²) in [6.45, 7) is 6.08. The number of hydrogen-bond donors (Lipinski definition) is 3. The van der Waals surface area contributed by atoms with Gasteiger partial charge in [0.1, 0.15) is 6.04 Å². The maximum absolute atomic E-state index is 12.9. The molecule has 0 radical (unpaired) electrons. The summed E-state index contributed by atoms with van der Waals surface area (Å²) >= 11 is 0. The molecule has 154 valence electrons. The standard InChI is InChI=1S/C24H31N3O2/c1-4-16(3)22(27-24(29)26-20-12-9-17(5-2)10-13-20)23(28)25-21-14-11-18-7-6-8-19(18)15-21/h9-16,22H,4-8H2,1-3H3,(H,25,28)(H2,26,27,29). The van der Waals surface area contributed by atoms with E-state index in [1.807, 2.05) is 44.2 Å².